The molecule has 1 heterocycles. The number of carbonyl (C=O) groups is 1. The van der Waals surface area contributed by atoms with Crippen molar-refractivity contribution in [3.63, 3.8) is 0 Å². The first-order valence-corrected chi connectivity index (χ1v) is 13.8. The number of anilines is 1. The number of aromatic nitrogens is 1. The minimum absolute atomic E-state index is 0.140. The highest BCUT2D eigenvalue weighted by Gasteiger charge is 2.26. The van der Waals surface area contributed by atoms with E-state index in [4.69, 9.17) is 14.2 Å². The van der Waals surface area contributed by atoms with E-state index in [0.717, 1.165) is 19.3 Å². The quantitative estimate of drug-likeness (QED) is 0.377. The van der Waals surface area contributed by atoms with Gasteiger partial charge in [0.05, 0.1) is 30.9 Å². The lowest BCUT2D eigenvalue weighted by atomic mass is 10.1. The number of benzene rings is 2. The van der Waals surface area contributed by atoms with Crippen molar-refractivity contribution in [1.82, 2.24) is 9.88 Å². The number of likely N-dealkylation sites (N-methyl/N-ethyl adjacent to an activating group) is 1. The SMILES string of the molecule is CCN(CC)CCN(C(=O)c1cc(OC)c(OC)c(OC)c1)c1nc2c(S(C)(=O)=O)cccc2s1. The van der Waals surface area contributed by atoms with Gasteiger partial charge in [0.2, 0.25) is 5.75 Å². The summed E-state index contributed by atoms with van der Waals surface area (Å²) in [7, 11) is 0.991. The number of hydrogen-bond acceptors (Lipinski definition) is 9. The number of ether oxygens (including phenoxy) is 3. The van der Waals surface area contributed by atoms with Crippen LogP contribution in [0.15, 0.2) is 35.2 Å². The molecule has 1 aromatic heterocycles. The van der Waals surface area contributed by atoms with Crippen LogP contribution in [0.5, 0.6) is 17.2 Å². The molecule has 0 aliphatic rings. The van der Waals surface area contributed by atoms with Gasteiger partial charge in [-0.15, -0.1) is 0 Å². The molecule has 0 radical (unpaired) electrons. The van der Waals surface area contributed by atoms with E-state index in [-0.39, 0.29) is 10.8 Å². The number of amides is 1. The summed E-state index contributed by atoms with van der Waals surface area (Å²) in [6, 6.07) is 8.22. The van der Waals surface area contributed by atoms with Crippen molar-refractivity contribution in [2.75, 3.05) is 58.7 Å². The summed E-state index contributed by atoms with van der Waals surface area (Å²) in [6.45, 7) is 6.78. The summed E-state index contributed by atoms with van der Waals surface area (Å²) < 4.78 is 41.5. The van der Waals surface area contributed by atoms with Crippen molar-refractivity contribution in [1.29, 1.82) is 0 Å². The van der Waals surface area contributed by atoms with Crippen LogP contribution in [0, 0.1) is 0 Å². The van der Waals surface area contributed by atoms with Gasteiger partial charge in [-0.2, -0.15) is 0 Å². The molecule has 0 bridgehead atoms. The maximum absolute atomic E-state index is 13.8. The Balaban J connectivity index is 2.13. The van der Waals surface area contributed by atoms with Crippen LogP contribution in [0.3, 0.4) is 0 Å². The smallest absolute Gasteiger partial charge is 0.260 e. The van der Waals surface area contributed by atoms with Gasteiger partial charge in [-0.05, 0) is 37.4 Å². The van der Waals surface area contributed by atoms with Crippen LogP contribution in [0.4, 0.5) is 5.13 Å². The Morgan fingerprint density at radius 3 is 2.14 bits per heavy atom. The molecule has 0 saturated heterocycles. The average Bonchev–Trinajstić information content (AvgIpc) is 3.28. The van der Waals surface area contributed by atoms with E-state index in [9.17, 15) is 13.2 Å². The standard InChI is InChI=1S/C24H31N3O6S2/c1-7-26(8-2)12-13-27(23(28)16-14-17(31-3)22(33-5)18(15-16)32-4)24-25-21-19(34-24)10-9-11-20(21)35(6,29)30/h9-11,14-15H,7-8,12-13H2,1-6H3. The molecule has 0 atom stereocenters. The van der Waals surface area contributed by atoms with E-state index < -0.39 is 9.84 Å². The third-order valence-electron chi connectivity index (χ3n) is 5.69. The summed E-state index contributed by atoms with van der Waals surface area (Å²) in [5, 5.41) is 0.419. The van der Waals surface area contributed by atoms with Gasteiger partial charge >= 0.3 is 0 Å². The van der Waals surface area contributed by atoms with Crippen molar-refractivity contribution in [3.8, 4) is 17.2 Å². The van der Waals surface area contributed by atoms with Crippen molar-refractivity contribution < 1.29 is 27.4 Å². The molecular formula is C24H31N3O6S2. The lowest BCUT2D eigenvalue weighted by Gasteiger charge is -2.25. The van der Waals surface area contributed by atoms with Crippen molar-refractivity contribution >= 4 is 42.4 Å². The molecule has 11 heteroatoms. The van der Waals surface area contributed by atoms with E-state index in [0.29, 0.717) is 51.2 Å². The number of methoxy groups -OCH3 is 3. The molecule has 2 aromatic carbocycles. The average molecular weight is 522 g/mol. The molecule has 35 heavy (non-hydrogen) atoms. The molecular weight excluding hydrogens is 490 g/mol. The van der Waals surface area contributed by atoms with Crippen LogP contribution in [0.25, 0.3) is 10.2 Å². The molecule has 3 aromatic rings. The maximum Gasteiger partial charge on any atom is 0.260 e. The molecule has 1 amide bonds. The number of carbonyl (C=O) groups excluding carboxylic acids is 1. The number of sulfone groups is 1. The van der Waals surface area contributed by atoms with Gasteiger partial charge in [-0.25, -0.2) is 13.4 Å². The second-order valence-electron chi connectivity index (χ2n) is 7.77. The molecule has 0 aliphatic heterocycles. The van der Waals surface area contributed by atoms with Crippen LogP contribution >= 0.6 is 11.3 Å². The van der Waals surface area contributed by atoms with E-state index in [1.54, 1.807) is 29.2 Å². The lowest BCUT2D eigenvalue weighted by molar-refractivity contribution is 0.0983. The highest BCUT2D eigenvalue weighted by atomic mass is 32.2. The van der Waals surface area contributed by atoms with Gasteiger partial charge in [0, 0.05) is 24.9 Å². The normalized spacial score (nSPS) is 11.6. The topological polar surface area (TPSA) is 98.3 Å². The monoisotopic (exact) mass is 521 g/mol. The van der Waals surface area contributed by atoms with E-state index in [1.807, 2.05) is 0 Å². The fourth-order valence-electron chi connectivity index (χ4n) is 3.75. The Morgan fingerprint density at radius 1 is 1.00 bits per heavy atom. The first kappa shape index (κ1) is 26.7. The highest BCUT2D eigenvalue weighted by Crippen LogP contribution is 2.39. The first-order valence-electron chi connectivity index (χ1n) is 11.1. The third kappa shape index (κ3) is 5.68. The van der Waals surface area contributed by atoms with Crippen molar-refractivity contribution in [2.24, 2.45) is 0 Å². The van der Waals surface area contributed by atoms with Gasteiger partial charge in [0.1, 0.15) is 5.52 Å². The zero-order chi connectivity index (χ0) is 25.8. The second-order valence-corrected chi connectivity index (χ2v) is 10.8. The van der Waals surface area contributed by atoms with Crippen LogP contribution in [-0.4, -0.2) is 78.0 Å². The fourth-order valence-corrected chi connectivity index (χ4v) is 5.67. The van der Waals surface area contributed by atoms with E-state index >= 15 is 0 Å². The predicted octanol–water partition coefficient (Wildman–Crippen LogP) is 3.71. The van der Waals surface area contributed by atoms with Gasteiger partial charge < -0.3 is 19.1 Å². The Bertz CT molecular complexity index is 1280. The van der Waals surface area contributed by atoms with Gasteiger partial charge in [0.15, 0.2) is 26.5 Å². The zero-order valence-corrected chi connectivity index (χ0v) is 22.5. The Morgan fingerprint density at radius 2 is 1.63 bits per heavy atom. The van der Waals surface area contributed by atoms with E-state index in [1.165, 1.54) is 38.7 Å². The number of thiazole rings is 1. The third-order valence-corrected chi connectivity index (χ3v) is 7.86. The number of rotatable bonds is 11. The van der Waals surface area contributed by atoms with Gasteiger partial charge in [-0.3, -0.25) is 9.69 Å². The lowest BCUT2D eigenvalue weighted by Crippen LogP contribution is -2.38. The number of fused-ring (bicyclic) bond motifs is 1. The summed E-state index contributed by atoms with van der Waals surface area (Å²) in [5.41, 5.74) is 0.696. The summed E-state index contributed by atoms with van der Waals surface area (Å²) in [5.74, 6) is 0.806. The molecule has 0 aliphatic carbocycles. The second kappa shape index (κ2) is 11.2. The Labute approximate surface area is 210 Å². The molecule has 0 saturated carbocycles. The zero-order valence-electron chi connectivity index (χ0n) is 20.8. The number of nitrogens with zero attached hydrogens (tertiary/aromatic N) is 3. The van der Waals surface area contributed by atoms with Gasteiger partial charge in [0.25, 0.3) is 5.91 Å². The highest BCUT2D eigenvalue weighted by molar-refractivity contribution is 7.91. The number of para-hydroxylation sites is 1. The van der Waals surface area contributed by atoms with E-state index in [2.05, 4.69) is 23.7 Å². The van der Waals surface area contributed by atoms with Crippen LogP contribution in [-0.2, 0) is 9.84 Å². The molecule has 3 rings (SSSR count). The van der Waals surface area contributed by atoms with Crippen molar-refractivity contribution in [3.05, 3.63) is 35.9 Å². The largest absolute Gasteiger partial charge is 0.493 e. The summed E-state index contributed by atoms with van der Waals surface area (Å²) in [4.78, 5) is 22.4. The van der Waals surface area contributed by atoms with Crippen LogP contribution < -0.4 is 19.1 Å². The molecule has 0 spiro atoms. The molecule has 0 fully saturated rings. The first-order chi connectivity index (χ1) is 16.7. The maximum atomic E-state index is 13.8. The summed E-state index contributed by atoms with van der Waals surface area (Å²) in [6.07, 6.45) is 1.15. The Kier molecular flexibility index (Phi) is 8.57. The van der Waals surface area contributed by atoms with Crippen LogP contribution in [0.2, 0.25) is 0 Å². The minimum Gasteiger partial charge on any atom is -0.493 e. The van der Waals surface area contributed by atoms with Gasteiger partial charge in [-0.1, -0.05) is 31.3 Å². The molecule has 0 unspecified atom stereocenters. The number of hydrogen-bond donors (Lipinski definition) is 0. The molecule has 9 nitrogen and oxygen atoms in total. The van der Waals surface area contributed by atoms with Crippen molar-refractivity contribution in [2.45, 2.75) is 18.7 Å². The Hall–Kier alpha value is -2.89. The fraction of sp³-hybridized carbons (Fsp3) is 0.417. The summed E-state index contributed by atoms with van der Waals surface area (Å²) >= 11 is 1.28. The minimum atomic E-state index is -3.49. The van der Waals surface area contributed by atoms with Crippen LogP contribution in [0.1, 0.15) is 24.2 Å². The molecule has 190 valence electrons. The molecule has 0 N–H and O–H groups in total. The predicted molar refractivity (Wildman–Crippen MR) is 138 cm³/mol.